The van der Waals surface area contributed by atoms with Gasteiger partial charge >= 0.3 is 0 Å². The summed E-state index contributed by atoms with van der Waals surface area (Å²) in [4.78, 5) is 31.0. The summed E-state index contributed by atoms with van der Waals surface area (Å²) in [6.07, 6.45) is 7.67. The minimum absolute atomic E-state index is 0.0825. The van der Waals surface area contributed by atoms with Crippen LogP contribution in [-0.4, -0.2) is 39.3 Å². The number of pyridine rings is 1. The van der Waals surface area contributed by atoms with Crippen LogP contribution < -0.4 is 10.5 Å². The van der Waals surface area contributed by atoms with Crippen molar-refractivity contribution in [1.82, 2.24) is 9.47 Å². The Kier molecular flexibility index (Phi) is 8.77. The Morgan fingerprint density at radius 3 is 2.39 bits per heavy atom. The van der Waals surface area contributed by atoms with Crippen molar-refractivity contribution < 1.29 is 4.79 Å². The van der Waals surface area contributed by atoms with Gasteiger partial charge in [-0.25, -0.2) is 0 Å². The van der Waals surface area contributed by atoms with Crippen molar-refractivity contribution in [1.29, 1.82) is 5.26 Å². The molecule has 2 fully saturated rings. The predicted octanol–water partition coefficient (Wildman–Crippen LogP) is 5.07. The zero-order chi connectivity index (χ0) is 24.1. The van der Waals surface area contributed by atoms with Gasteiger partial charge in [-0.15, -0.1) is 0 Å². The molecular weight excluding hydrogens is 452 g/mol. The van der Waals surface area contributed by atoms with Gasteiger partial charge in [0.25, 0.3) is 11.5 Å². The molecular formula is C25H34N4O2S2. The third kappa shape index (κ3) is 5.36. The highest BCUT2D eigenvalue weighted by Gasteiger charge is 2.33. The lowest BCUT2D eigenvalue weighted by molar-refractivity contribution is -0.122. The summed E-state index contributed by atoms with van der Waals surface area (Å²) in [7, 11) is 0. The smallest absolute Gasteiger partial charge is 0.270 e. The van der Waals surface area contributed by atoms with E-state index in [9.17, 15) is 14.9 Å². The Morgan fingerprint density at radius 1 is 1.15 bits per heavy atom. The third-order valence-electron chi connectivity index (χ3n) is 6.55. The van der Waals surface area contributed by atoms with E-state index < -0.39 is 0 Å². The zero-order valence-electron chi connectivity index (χ0n) is 20.1. The normalized spacial score (nSPS) is 18.5. The lowest BCUT2D eigenvalue weighted by Gasteiger charge is -2.35. The van der Waals surface area contributed by atoms with Gasteiger partial charge in [-0.2, -0.15) is 5.26 Å². The highest BCUT2D eigenvalue weighted by Crippen LogP contribution is 2.37. The molecule has 0 radical (unpaired) electrons. The number of carbonyl (C=O) groups is 1. The van der Waals surface area contributed by atoms with Gasteiger partial charge in [0.05, 0.1) is 4.91 Å². The van der Waals surface area contributed by atoms with Gasteiger partial charge in [0, 0.05) is 31.7 Å². The molecule has 0 saturated carbocycles. The lowest BCUT2D eigenvalue weighted by atomic mass is 9.97. The van der Waals surface area contributed by atoms with Crippen LogP contribution in [0.4, 0.5) is 5.82 Å². The van der Waals surface area contributed by atoms with Crippen LogP contribution in [0.1, 0.15) is 76.0 Å². The number of nitrogens with zero attached hydrogens (tertiary/aromatic N) is 4. The Balaban J connectivity index is 2.18. The first-order chi connectivity index (χ1) is 15.8. The number of hydrogen-bond acceptors (Lipinski definition) is 6. The van der Waals surface area contributed by atoms with Crippen LogP contribution in [0, 0.1) is 24.2 Å². The van der Waals surface area contributed by atoms with Gasteiger partial charge in [0.15, 0.2) is 0 Å². The van der Waals surface area contributed by atoms with Gasteiger partial charge in [0.1, 0.15) is 21.8 Å². The molecule has 178 valence electrons. The summed E-state index contributed by atoms with van der Waals surface area (Å²) in [6, 6.07) is 2.13. The molecule has 0 aromatic carbocycles. The van der Waals surface area contributed by atoms with Crippen molar-refractivity contribution in [3.8, 4) is 6.07 Å². The van der Waals surface area contributed by atoms with Gasteiger partial charge in [-0.3, -0.25) is 19.1 Å². The summed E-state index contributed by atoms with van der Waals surface area (Å²) in [5.41, 5.74) is 1.37. The van der Waals surface area contributed by atoms with E-state index in [0.29, 0.717) is 33.8 Å². The fourth-order valence-electron chi connectivity index (χ4n) is 4.37. The topological polar surface area (TPSA) is 69.3 Å². The standard InChI is InChI=1S/C25H34N4O2S2/c1-5-7-11-28-22(27-13-9-17(3)10-14-27)19(18(4)20(16-26)23(28)30)15-21-24(31)29(12-8-6-2)25(32)33-21/h15,17H,5-14H2,1-4H3/b21-15+. The number of aromatic nitrogens is 1. The average molecular weight is 487 g/mol. The van der Waals surface area contributed by atoms with Crippen LogP contribution in [0.5, 0.6) is 0 Å². The molecule has 8 heteroatoms. The molecule has 0 N–H and O–H groups in total. The summed E-state index contributed by atoms with van der Waals surface area (Å²) >= 11 is 6.80. The first-order valence-corrected chi connectivity index (χ1v) is 13.2. The second-order valence-corrected chi connectivity index (χ2v) is 10.7. The van der Waals surface area contributed by atoms with E-state index in [2.05, 4.69) is 31.7 Å². The van der Waals surface area contributed by atoms with Crippen molar-refractivity contribution in [3.05, 3.63) is 31.9 Å². The Morgan fingerprint density at radius 2 is 1.79 bits per heavy atom. The summed E-state index contributed by atoms with van der Waals surface area (Å²) in [6.45, 7) is 11.2. The highest BCUT2D eigenvalue weighted by atomic mass is 32.2. The second-order valence-electron chi connectivity index (χ2n) is 9.02. The van der Waals surface area contributed by atoms with E-state index in [1.165, 1.54) is 11.8 Å². The monoisotopic (exact) mass is 486 g/mol. The first-order valence-electron chi connectivity index (χ1n) is 12.0. The summed E-state index contributed by atoms with van der Waals surface area (Å²) in [5.74, 6) is 1.41. The van der Waals surface area contributed by atoms with Crippen LogP contribution >= 0.6 is 24.0 Å². The molecule has 2 aliphatic rings. The fourth-order valence-corrected chi connectivity index (χ4v) is 5.66. The van der Waals surface area contributed by atoms with Crippen LogP contribution in [0.15, 0.2) is 9.70 Å². The Labute approximate surface area is 206 Å². The minimum atomic E-state index is -0.232. The van der Waals surface area contributed by atoms with Crippen molar-refractivity contribution in [2.45, 2.75) is 72.8 Å². The summed E-state index contributed by atoms with van der Waals surface area (Å²) in [5, 5.41) is 9.80. The van der Waals surface area contributed by atoms with E-state index >= 15 is 0 Å². The van der Waals surface area contributed by atoms with Crippen molar-refractivity contribution in [3.63, 3.8) is 0 Å². The fraction of sp³-hybridized carbons (Fsp3) is 0.600. The number of unbranched alkanes of at least 4 members (excludes halogenated alkanes) is 2. The SMILES string of the molecule is CCCCN1C(=O)/C(=C\c2c(C)c(C#N)c(=O)n(CCCC)c2N2CCC(C)CC2)SC1=S. The molecule has 33 heavy (non-hydrogen) atoms. The first kappa shape index (κ1) is 25.5. The maximum Gasteiger partial charge on any atom is 0.270 e. The number of amides is 1. The second kappa shape index (κ2) is 11.3. The van der Waals surface area contributed by atoms with Gasteiger partial charge in [-0.1, -0.05) is 57.6 Å². The number of thiocarbonyl (C=S) groups is 1. The molecule has 0 atom stereocenters. The number of thioether (sulfide) groups is 1. The molecule has 1 aromatic heterocycles. The van der Waals surface area contributed by atoms with E-state index in [1.54, 1.807) is 9.47 Å². The molecule has 0 aliphatic carbocycles. The Bertz CT molecular complexity index is 1050. The quantitative estimate of drug-likeness (QED) is 0.378. The van der Waals surface area contributed by atoms with E-state index in [4.69, 9.17) is 12.2 Å². The highest BCUT2D eigenvalue weighted by molar-refractivity contribution is 8.26. The molecule has 1 amide bonds. The van der Waals surface area contributed by atoms with Crippen molar-refractivity contribution >= 4 is 46.1 Å². The van der Waals surface area contributed by atoms with Crippen molar-refractivity contribution in [2.24, 2.45) is 5.92 Å². The third-order valence-corrected chi connectivity index (χ3v) is 7.93. The largest absolute Gasteiger partial charge is 0.357 e. The maximum absolute atomic E-state index is 13.3. The Hall–Kier alpha value is -2.11. The van der Waals surface area contributed by atoms with E-state index in [1.807, 2.05) is 13.0 Å². The van der Waals surface area contributed by atoms with Crippen LogP contribution in [-0.2, 0) is 11.3 Å². The predicted molar refractivity (Wildman–Crippen MR) is 140 cm³/mol. The molecule has 0 spiro atoms. The van der Waals surface area contributed by atoms with Crippen LogP contribution in [0.2, 0.25) is 0 Å². The molecule has 1 aromatic rings. The minimum Gasteiger partial charge on any atom is -0.357 e. The van der Waals surface area contributed by atoms with Crippen LogP contribution in [0.25, 0.3) is 6.08 Å². The van der Waals surface area contributed by atoms with Crippen LogP contribution in [0.3, 0.4) is 0 Å². The van der Waals surface area contributed by atoms with E-state index in [-0.39, 0.29) is 17.0 Å². The molecule has 3 rings (SSSR count). The number of rotatable bonds is 8. The van der Waals surface area contributed by atoms with Gasteiger partial charge < -0.3 is 4.90 Å². The van der Waals surface area contributed by atoms with Gasteiger partial charge in [0.2, 0.25) is 0 Å². The number of anilines is 1. The molecule has 3 heterocycles. The summed E-state index contributed by atoms with van der Waals surface area (Å²) < 4.78 is 2.35. The lowest BCUT2D eigenvalue weighted by Crippen LogP contribution is -2.39. The van der Waals surface area contributed by atoms with E-state index in [0.717, 1.165) is 63.0 Å². The number of hydrogen-bond donors (Lipinski definition) is 0. The van der Waals surface area contributed by atoms with Gasteiger partial charge in [-0.05, 0) is 50.2 Å². The molecule has 0 unspecified atom stereocenters. The maximum atomic E-state index is 13.3. The molecule has 2 saturated heterocycles. The molecule has 0 bridgehead atoms. The average Bonchev–Trinajstić information content (AvgIpc) is 3.06. The number of carbonyl (C=O) groups excluding carboxylic acids is 1. The molecule has 2 aliphatic heterocycles. The number of nitriles is 1. The van der Waals surface area contributed by atoms with Crippen molar-refractivity contribution in [2.75, 3.05) is 24.5 Å². The molecule has 6 nitrogen and oxygen atoms in total. The number of piperidine rings is 1. The zero-order valence-corrected chi connectivity index (χ0v) is 21.8.